The van der Waals surface area contributed by atoms with Crippen LogP contribution in [0.5, 0.6) is 0 Å². The second-order valence-electron chi connectivity index (χ2n) is 4.97. The van der Waals surface area contributed by atoms with Gasteiger partial charge in [-0.3, -0.25) is 14.9 Å². The van der Waals surface area contributed by atoms with Gasteiger partial charge in [0.25, 0.3) is 5.69 Å². The molecular formula is C14H16N4O3. The molecule has 7 nitrogen and oxygen atoms in total. The summed E-state index contributed by atoms with van der Waals surface area (Å²) in [6.07, 6.45) is 1.67. The number of benzene rings is 1. The first-order valence-electron chi connectivity index (χ1n) is 6.72. The van der Waals surface area contributed by atoms with Crippen molar-refractivity contribution >= 4 is 17.3 Å². The number of piperidine rings is 1. The number of nitrogens with zero attached hydrogens (tertiary/aromatic N) is 3. The monoisotopic (exact) mass is 288 g/mol. The number of anilines is 1. The van der Waals surface area contributed by atoms with Gasteiger partial charge in [0.2, 0.25) is 5.91 Å². The molecule has 0 saturated carbocycles. The molecule has 1 aliphatic rings. The number of hydrogen-bond donors (Lipinski definition) is 1. The van der Waals surface area contributed by atoms with Crippen LogP contribution in [0, 0.1) is 27.4 Å². The fourth-order valence-corrected chi connectivity index (χ4v) is 2.59. The third-order valence-electron chi connectivity index (χ3n) is 3.70. The Hall–Kier alpha value is -2.62. The second kappa shape index (κ2) is 6.22. The Morgan fingerprint density at radius 3 is 2.95 bits per heavy atom. The Morgan fingerprint density at radius 1 is 1.57 bits per heavy atom. The van der Waals surface area contributed by atoms with Crippen molar-refractivity contribution in [2.45, 2.75) is 12.8 Å². The van der Waals surface area contributed by atoms with Crippen LogP contribution in [0.15, 0.2) is 18.2 Å². The highest BCUT2D eigenvalue weighted by Crippen LogP contribution is 2.28. The first kappa shape index (κ1) is 14.8. The van der Waals surface area contributed by atoms with Gasteiger partial charge in [-0.1, -0.05) is 0 Å². The Balaban J connectivity index is 2.26. The zero-order valence-electron chi connectivity index (χ0n) is 11.7. The maximum Gasteiger partial charge on any atom is 0.289 e. The van der Waals surface area contributed by atoms with Crippen molar-refractivity contribution < 1.29 is 9.72 Å². The number of amides is 1. The fourth-order valence-electron chi connectivity index (χ4n) is 2.59. The Morgan fingerprint density at radius 2 is 2.33 bits per heavy atom. The molecule has 0 spiro atoms. The SMILES string of the molecule is CNC(=O)C1CCCN(c2ccc(C#N)c([N+](=O)[O-])c2)C1. The van der Waals surface area contributed by atoms with E-state index in [1.54, 1.807) is 13.1 Å². The molecule has 110 valence electrons. The van der Waals surface area contributed by atoms with Gasteiger partial charge >= 0.3 is 0 Å². The number of hydrogen-bond acceptors (Lipinski definition) is 5. The maximum atomic E-state index is 11.7. The summed E-state index contributed by atoms with van der Waals surface area (Å²) in [5.74, 6) is -0.124. The van der Waals surface area contributed by atoms with Gasteiger partial charge in [0, 0.05) is 31.9 Å². The molecule has 1 aromatic carbocycles. The largest absolute Gasteiger partial charge is 0.371 e. The molecule has 1 heterocycles. The van der Waals surface area contributed by atoms with Crippen molar-refractivity contribution in [3.05, 3.63) is 33.9 Å². The summed E-state index contributed by atoms with van der Waals surface area (Å²) in [5.41, 5.74) is 0.523. The van der Waals surface area contributed by atoms with Crippen LogP contribution in [0.4, 0.5) is 11.4 Å². The minimum atomic E-state index is -0.553. The van der Waals surface area contributed by atoms with Crippen molar-refractivity contribution in [3.63, 3.8) is 0 Å². The lowest BCUT2D eigenvalue weighted by molar-refractivity contribution is -0.385. The van der Waals surface area contributed by atoms with E-state index in [4.69, 9.17) is 5.26 Å². The topological polar surface area (TPSA) is 99.3 Å². The molecule has 1 amide bonds. The van der Waals surface area contributed by atoms with E-state index >= 15 is 0 Å². The van der Waals surface area contributed by atoms with E-state index in [1.165, 1.54) is 12.1 Å². The average Bonchev–Trinajstić information content (AvgIpc) is 2.53. The predicted octanol–water partition coefficient (Wildman–Crippen LogP) is 1.43. The van der Waals surface area contributed by atoms with Crippen LogP contribution < -0.4 is 10.2 Å². The summed E-state index contributed by atoms with van der Waals surface area (Å²) in [6.45, 7) is 1.28. The van der Waals surface area contributed by atoms with Gasteiger partial charge < -0.3 is 10.2 Å². The van der Waals surface area contributed by atoms with Gasteiger partial charge in [-0.2, -0.15) is 5.26 Å². The number of carbonyl (C=O) groups excluding carboxylic acids is 1. The summed E-state index contributed by atoms with van der Waals surface area (Å²) < 4.78 is 0. The predicted molar refractivity (Wildman–Crippen MR) is 76.8 cm³/mol. The highest BCUT2D eigenvalue weighted by molar-refractivity contribution is 5.79. The number of nitrogens with one attached hydrogen (secondary N) is 1. The van der Waals surface area contributed by atoms with Crippen molar-refractivity contribution in [1.29, 1.82) is 5.26 Å². The first-order chi connectivity index (χ1) is 10.1. The van der Waals surface area contributed by atoms with Gasteiger partial charge in [0.05, 0.1) is 10.8 Å². The molecule has 1 unspecified atom stereocenters. The number of nitro benzene ring substituents is 1. The lowest BCUT2D eigenvalue weighted by Crippen LogP contribution is -2.42. The van der Waals surface area contributed by atoms with E-state index < -0.39 is 4.92 Å². The number of rotatable bonds is 3. The Bertz CT molecular complexity index is 609. The van der Waals surface area contributed by atoms with Gasteiger partial charge in [-0.05, 0) is 25.0 Å². The molecule has 0 radical (unpaired) electrons. The number of carbonyl (C=O) groups is 1. The van der Waals surface area contributed by atoms with E-state index in [0.29, 0.717) is 12.2 Å². The molecule has 1 atom stereocenters. The van der Waals surface area contributed by atoms with Crippen molar-refractivity contribution in [2.75, 3.05) is 25.0 Å². The molecule has 0 aromatic heterocycles. The molecule has 2 rings (SSSR count). The molecule has 21 heavy (non-hydrogen) atoms. The molecule has 0 aliphatic carbocycles. The van der Waals surface area contributed by atoms with Gasteiger partial charge in [0.15, 0.2) is 0 Å². The number of nitro groups is 1. The van der Waals surface area contributed by atoms with Gasteiger partial charge in [0.1, 0.15) is 11.6 Å². The van der Waals surface area contributed by atoms with Crippen LogP contribution in [0.2, 0.25) is 0 Å². The highest BCUT2D eigenvalue weighted by Gasteiger charge is 2.26. The lowest BCUT2D eigenvalue weighted by atomic mass is 9.96. The Labute approximate surface area is 122 Å². The van der Waals surface area contributed by atoms with Crippen LogP contribution >= 0.6 is 0 Å². The van der Waals surface area contributed by atoms with Crippen LogP contribution in [-0.4, -0.2) is 31.0 Å². The summed E-state index contributed by atoms with van der Waals surface area (Å²) >= 11 is 0. The van der Waals surface area contributed by atoms with Crippen LogP contribution in [0.1, 0.15) is 18.4 Å². The molecule has 7 heteroatoms. The minimum Gasteiger partial charge on any atom is -0.371 e. The second-order valence-corrected chi connectivity index (χ2v) is 4.97. The van der Waals surface area contributed by atoms with Crippen LogP contribution in [0.25, 0.3) is 0 Å². The van der Waals surface area contributed by atoms with E-state index in [1.807, 2.05) is 11.0 Å². The van der Waals surface area contributed by atoms with E-state index in [9.17, 15) is 14.9 Å². The first-order valence-corrected chi connectivity index (χ1v) is 6.72. The summed E-state index contributed by atoms with van der Waals surface area (Å²) in [4.78, 5) is 24.1. The van der Waals surface area contributed by atoms with Crippen LogP contribution in [0.3, 0.4) is 0 Å². The summed E-state index contributed by atoms with van der Waals surface area (Å²) in [5, 5.41) is 22.5. The van der Waals surface area contributed by atoms with Crippen molar-refractivity contribution in [1.82, 2.24) is 5.32 Å². The van der Waals surface area contributed by atoms with E-state index in [-0.39, 0.29) is 23.1 Å². The average molecular weight is 288 g/mol. The van der Waals surface area contributed by atoms with Gasteiger partial charge in [-0.25, -0.2) is 0 Å². The number of nitriles is 1. The smallest absolute Gasteiger partial charge is 0.289 e. The molecule has 1 saturated heterocycles. The van der Waals surface area contributed by atoms with Gasteiger partial charge in [-0.15, -0.1) is 0 Å². The third kappa shape index (κ3) is 3.11. The molecule has 1 N–H and O–H groups in total. The quantitative estimate of drug-likeness (QED) is 0.670. The zero-order chi connectivity index (χ0) is 15.4. The third-order valence-corrected chi connectivity index (χ3v) is 3.70. The van der Waals surface area contributed by atoms with Crippen LogP contribution in [-0.2, 0) is 4.79 Å². The van der Waals surface area contributed by atoms with E-state index in [2.05, 4.69) is 5.32 Å². The summed E-state index contributed by atoms with van der Waals surface area (Å²) in [6, 6.07) is 6.37. The molecular weight excluding hydrogens is 272 g/mol. The van der Waals surface area contributed by atoms with Crippen molar-refractivity contribution in [2.24, 2.45) is 5.92 Å². The fraction of sp³-hybridized carbons (Fsp3) is 0.429. The molecule has 0 bridgehead atoms. The van der Waals surface area contributed by atoms with E-state index in [0.717, 1.165) is 19.4 Å². The zero-order valence-corrected chi connectivity index (χ0v) is 11.7. The summed E-state index contributed by atoms with van der Waals surface area (Å²) in [7, 11) is 1.60. The molecule has 1 fully saturated rings. The minimum absolute atomic E-state index is 0.0113. The maximum absolute atomic E-state index is 11.7. The highest BCUT2D eigenvalue weighted by atomic mass is 16.6. The lowest BCUT2D eigenvalue weighted by Gasteiger charge is -2.33. The Kier molecular flexibility index (Phi) is 4.38. The molecule has 1 aliphatic heterocycles. The molecule has 1 aromatic rings. The normalized spacial score (nSPS) is 17.9. The standard InChI is InChI=1S/C14H16N4O3/c1-16-14(19)11-3-2-6-17(9-11)12-5-4-10(8-15)13(7-12)18(20)21/h4-5,7,11H,2-3,6,9H2,1H3,(H,16,19). The van der Waals surface area contributed by atoms with Crippen molar-refractivity contribution in [3.8, 4) is 6.07 Å².